The van der Waals surface area contributed by atoms with Gasteiger partial charge in [-0.15, -0.1) is 0 Å². The van der Waals surface area contributed by atoms with Gasteiger partial charge in [-0.3, -0.25) is 9.48 Å². The van der Waals surface area contributed by atoms with E-state index in [4.69, 9.17) is 0 Å². The second kappa shape index (κ2) is 6.04. The summed E-state index contributed by atoms with van der Waals surface area (Å²) in [5.41, 5.74) is 2.04. The maximum atomic E-state index is 11.9. The van der Waals surface area contributed by atoms with E-state index >= 15 is 0 Å². The minimum Gasteiger partial charge on any atom is -0.350 e. The summed E-state index contributed by atoms with van der Waals surface area (Å²) in [4.78, 5) is 15.9. The van der Waals surface area contributed by atoms with Crippen LogP contribution in [0.5, 0.6) is 0 Å². The number of aromatic nitrogens is 4. The summed E-state index contributed by atoms with van der Waals surface area (Å²) >= 11 is 0. The Morgan fingerprint density at radius 2 is 2.05 bits per heavy atom. The Morgan fingerprint density at radius 3 is 2.81 bits per heavy atom. The van der Waals surface area contributed by atoms with Crippen LogP contribution in [-0.2, 0) is 17.9 Å². The number of hydrogen-bond donors (Lipinski definition) is 1. The fourth-order valence-electron chi connectivity index (χ4n) is 2.10. The Bertz CT molecular complexity index is 704. The van der Waals surface area contributed by atoms with Gasteiger partial charge in [0.2, 0.25) is 5.91 Å². The van der Waals surface area contributed by atoms with E-state index < -0.39 is 0 Å². The molecule has 0 fully saturated rings. The molecule has 3 rings (SSSR count). The number of benzene rings is 1. The summed E-state index contributed by atoms with van der Waals surface area (Å²) in [5, 5.41) is 6.92. The van der Waals surface area contributed by atoms with Crippen LogP contribution in [0.2, 0.25) is 0 Å². The molecule has 3 aromatic rings. The number of hydrogen-bond acceptors (Lipinski definition) is 3. The molecule has 21 heavy (non-hydrogen) atoms. The Labute approximate surface area is 122 Å². The molecule has 0 aliphatic carbocycles. The van der Waals surface area contributed by atoms with Crippen molar-refractivity contribution in [3.05, 3.63) is 67.0 Å². The number of para-hydroxylation sites is 1. The summed E-state index contributed by atoms with van der Waals surface area (Å²) in [7, 11) is 0. The number of rotatable bonds is 5. The second-order valence-electron chi connectivity index (χ2n) is 4.58. The van der Waals surface area contributed by atoms with E-state index in [0.29, 0.717) is 6.54 Å². The predicted octanol–water partition coefficient (Wildman–Crippen LogP) is 1.39. The highest BCUT2D eigenvalue weighted by Crippen LogP contribution is 2.13. The quantitative estimate of drug-likeness (QED) is 0.768. The summed E-state index contributed by atoms with van der Waals surface area (Å²) in [6.07, 6.45) is 8.77. The molecule has 2 heterocycles. The number of nitrogens with zero attached hydrogens (tertiary/aromatic N) is 4. The van der Waals surface area contributed by atoms with Crippen molar-refractivity contribution in [3.63, 3.8) is 0 Å². The first-order valence-corrected chi connectivity index (χ1v) is 6.63. The van der Waals surface area contributed by atoms with Gasteiger partial charge in [0.1, 0.15) is 6.54 Å². The minimum atomic E-state index is -0.0702. The largest absolute Gasteiger partial charge is 0.350 e. The van der Waals surface area contributed by atoms with Crippen molar-refractivity contribution in [1.82, 2.24) is 24.6 Å². The van der Waals surface area contributed by atoms with Crippen molar-refractivity contribution < 1.29 is 4.79 Å². The fourth-order valence-corrected chi connectivity index (χ4v) is 2.10. The Hall–Kier alpha value is -2.89. The zero-order valence-electron chi connectivity index (χ0n) is 11.4. The highest BCUT2D eigenvalue weighted by Gasteiger charge is 2.06. The molecule has 6 nitrogen and oxygen atoms in total. The molecule has 106 valence electrons. The molecular weight excluding hydrogens is 266 g/mol. The van der Waals surface area contributed by atoms with Crippen molar-refractivity contribution in [3.8, 4) is 5.69 Å². The normalized spacial score (nSPS) is 10.5. The number of imidazole rings is 1. The van der Waals surface area contributed by atoms with Crippen LogP contribution >= 0.6 is 0 Å². The van der Waals surface area contributed by atoms with Crippen molar-refractivity contribution in [1.29, 1.82) is 0 Å². The lowest BCUT2D eigenvalue weighted by Gasteiger charge is -2.11. The van der Waals surface area contributed by atoms with Crippen LogP contribution in [0.4, 0.5) is 0 Å². The molecule has 0 unspecified atom stereocenters. The van der Waals surface area contributed by atoms with Crippen LogP contribution in [0.25, 0.3) is 5.69 Å². The lowest BCUT2D eigenvalue weighted by Crippen LogP contribution is -2.27. The fraction of sp³-hybridized carbons (Fsp3) is 0.133. The Kier molecular flexibility index (Phi) is 3.77. The van der Waals surface area contributed by atoms with E-state index in [-0.39, 0.29) is 12.5 Å². The van der Waals surface area contributed by atoms with Gasteiger partial charge in [0.15, 0.2) is 0 Å². The van der Waals surface area contributed by atoms with Crippen LogP contribution in [0, 0.1) is 0 Å². The summed E-state index contributed by atoms with van der Waals surface area (Å²) in [5.74, 6) is -0.0702. The lowest BCUT2D eigenvalue weighted by molar-refractivity contribution is -0.122. The van der Waals surface area contributed by atoms with Gasteiger partial charge in [-0.1, -0.05) is 18.2 Å². The molecule has 0 aliphatic rings. The predicted molar refractivity (Wildman–Crippen MR) is 77.6 cm³/mol. The third-order valence-corrected chi connectivity index (χ3v) is 3.11. The van der Waals surface area contributed by atoms with E-state index in [1.54, 1.807) is 35.7 Å². The van der Waals surface area contributed by atoms with Crippen molar-refractivity contribution in [2.24, 2.45) is 0 Å². The van der Waals surface area contributed by atoms with Crippen molar-refractivity contribution in [2.45, 2.75) is 13.1 Å². The molecule has 0 radical (unpaired) electrons. The number of carbonyl (C=O) groups is 1. The van der Waals surface area contributed by atoms with Gasteiger partial charge < -0.3 is 9.88 Å². The van der Waals surface area contributed by atoms with Gasteiger partial charge in [-0.25, -0.2) is 4.98 Å². The highest BCUT2D eigenvalue weighted by atomic mass is 16.2. The molecule has 1 amide bonds. The average molecular weight is 281 g/mol. The van der Waals surface area contributed by atoms with E-state index in [0.717, 1.165) is 11.3 Å². The maximum absolute atomic E-state index is 11.9. The zero-order chi connectivity index (χ0) is 14.5. The molecule has 1 aromatic carbocycles. The van der Waals surface area contributed by atoms with Crippen LogP contribution in [0.15, 0.2) is 61.4 Å². The first-order chi connectivity index (χ1) is 10.3. The van der Waals surface area contributed by atoms with Gasteiger partial charge in [0, 0.05) is 31.3 Å². The monoisotopic (exact) mass is 281 g/mol. The molecule has 1 N–H and O–H groups in total. The summed E-state index contributed by atoms with van der Waals surface area (Å²) in [6.45, 7) is 0.689. The molecular formula is C15H15N5O. The van der Waals surface area contributed by atoms with Gasteiger partial charge in [0.25, 0.3) is 0 Å². The second-order valence-corrected chi connectivity index (χ2v) is 4.58. The van der Waals surface area contributed by atoms with Gasteiger partial charge in [-0.05, 0) is 17.7 Å². The maximum Gasteiger partial charge on any atom is 0.241 e. The zero-order valence-corrected chi connectivity index (χ0v) is 11.4. The van der Waals surface area contributed by atoms with E-state index in [2.05, 4.69) is 15.4 Å². The van der Waals surface area contributed by atoms with Gasteiger partial charge >= 0.3 is 0 Å². The third kappa shape index (κ3) is 3.17. The van der Waals surface area contributed by atoms with Crippen LogP contribution in [0.1, 0.15) is 5.56 Å². The molecule has 6 heteroatoms. The van der Waals surface area contributed by atoms with E-state index in [9.17, 15) is 4.79 Å². The lowest BCUT2D eigenvalue weighted by atomic mass is 10.1. The SMILES string of the molecule is O=C(Cn1cccn1)NCc1ccccc1-n1ccnc1. The molecule has 0 aliphatic heterocycles. The smallest absolute Gasteiger partial charge is 0.241 e. The molecule has 2 aromatic heterocycles. The molecule has 0 saturated carbocycles. The topological polar surface area (TPSA) is 64.7 Å². The molecule has 0 saturated heterocycles. The number of nitrogens with one attached hydrogen (secondary N) is 1. The summed E-state index contributed by atoms with van der Waals surface area (Å²) in [6, 6.07) is 9.70. The molecule has 0 spiro atoms. The third-order valence-electron chi connectivity index (χ3n) is 3.11. The molecule has 0 atom stereocenters. The van der Waals surface area contributed by atoms with Crippen LogP contribution in [-0.4, -0.2) is 25.2 Å². The number of carbonyl (C=O) groups excluding carboxylic acids is 1. The van der Waals surface area contributed by atoms with Crippen molar-refractivity contribution >= 4 is 5.91 Å². The summed E-state index contributed by atoms with van der Waals surface area (Å²) < 4.78 is 3.52. The van der Waals surface area contributed by atoms with Gasteiger partial charge in [0.05, 0.1) is 12.0 Å². The van der Waals surface area contributed by atoms with Crippen molar-refractivity contribution in [2.75, 3.05) is 0 Å². The first kappa shape index (κ1) is 13.1. The van der Waals surface area contributed by atoms with E-state index in [1.807, 2.05) is 35.0 Å². The minimum absolute atomic E-state index is 0.0702. The van der Waals surface area contributed by atoms with Crippen LogP contribution in [0.3, 0.4) is 0 Å². The highest BCUT2D eigenvalue weighted by molar-refractivity contribution is 5.75. The molecule has 0 bridgehead atoms. The average Bonchev–Trinajstić information content (AvgIpc) is 3.18. The first-order valence-electron chi connectivity index (χ1n) is 6.63. The number of amides is 1. The Balaban J connectivity index is 1.67. The van der Waals surface area contributed by atoms with Crippen LogP contribution < -0.4 is 5.32 Å². The Morgan fingerprint density at radius 1 is 1.14 bits per heavy atom. The standard InChI is InChI=1S/C15H15N5O/c21-15(11-20-8-3-6-18-20)17-10-13-4-1-2-5-14(13)19-9-7-16-12-19/h1-9,12H,10-11H2,(H,17,21). The van der Waals surface area contributed by atoms with Gasteiger partial charge in [-0.2, -0.15) is 5.10 Å². The van der Waals surface area contributed by atoms with E-state index in [1.165, 1.54) is 0 Å².